The minimum absolute atomic E-state index is 0.381. The van der Waals surface area contributed by atoms with Crippen LogP contribution in [-0.4, -0.2) is 50.4 Å². The van der Waals surface area contributed by atoms with Gasteiger partial charge in [-0.25, -0.2) is 23.1 Å². The Hall–Kier alpha value is -1.25. The zero-order chi connectivity index (χ0) is 13.2. The molecule has 1 aliphatic heterocycles. The molecule has 0 saturated carbocycles. The minimum atomic E-state index is -3.38. The predicted molar refractivity (Wildman–Crippen MR) is 68.8 cm³/mol. The summed E-state index contributed by atoms with van der Waals surface area (Å²) in [6.45, 7) is 3.50. The highest BCUT2D eigenvalue weighted by atomic mass is 32.2. The number of hydrogen-bond acceptors (Lipinski definition) is 6. The fourth-order valence-electron chi connectivity index (χ4n) is 1.96. The van der Waals surface area contributed by atoms with Crippen molar-refractivity contribution in [2.75, 3.05) is 31.6 Å². The third-order valence-corrected chi connectivity index (χ3v) is 4.60. The molecule has 0 bridgehead atoms. The molecule has 100 valence electrons. The Labute approximate surface area is 107 Å². The first-order valence-electron chi connectivity index (χ1n) is 5.74. The maximum absolute atomic E-state index is 12.0. The molecular weight excluding hydrogens is 254 g/mol. The smallest absolute Gasteiger partial charge is 0.233 e. The minimum Gasteiger partial charge on any atom is -0.336 e. The molecule has 0 radical (unpaired) electrons. The molecule has 1 aromatic heterocycles. The normalized spacial score (nSPS) is 21.0. The van der Waals surface area contributed by atoms with E-state index in [-0.39, 0.29) is 0 Å². The number of rotatable bonds is 3. The van der Waals surface area contributed by atoms with E-state index in [4.69, 9.17) is 0 Å². The zero-order valence-corrected chi connectivity index (χ0v) is 11.2. The lowest BCUT2D eigenvalue weighted by molar-refractivity contribution is 0.510. The van der Waals surface area contributed by atoms with Crippen molar-refractivity contribution in [3.05, 3.63) is 18.1 Å². The molecule has 0 aromatic carbocycles. The van der Waals surface area contributed by atoms with Crippen LogP contribution in [0.15, 0.2) is 12.3 Å². The average molecular weight is 271 g/mol. The second-order valence-corrected chi connectivity index (χ2v) is 6.11. The molecule has 1 aliphatic rings. The molecule has 0 amide bonds. The first-order chi connectivity index (χ1) is 8.54. The molecule has 2 heterocycles. The lowest BCUT2D eigenvalue weighted by atomic mass is 10.3. The van der Waals surface area contributed by atoms with Gasteiger partial charge < -0.3 is 10.2 Å². The van der Waals surface area contributed by atoms with Gasteiger partial charge in [-0.15, -0.1) is 0 Å². The summed E-state index contributed by atoms with van der Waals surface area (Å²) in [5, 5.41) is 2.44. The van der Waals surface area contributed by atoms with Gasteiger partial charge in [0.25, 0.3) is 0 Å². The molecular formula is C10H17N5O2S. The highest BCUT2D eigenvalue weighted by molar-refractivity contribution is 7.90. The summed E-state index contributed by atoms with van der Waals surface area (Å²) < 4.78 is 26.3. The molecule has 1 aromatic rings. The van der Waals surface area contributed by atoms with Crippen LogP contribution in [0.5, 0.6) is 0 Å². The molecule has 7 nitrogen and oxygen atoms in total. The average Bonchev–Trinajstić information content (AvgIpc) is 2.39. The van der Waals surface area contributed by atoms with Crippen molar-refractivity contribution in [3.8, 4) is 0 Å². The second-order valence-electron chi connectivity index (χ2n) is 4.06. The number of anilines is 1. The van der Waals surface area contributed by atoms with Crippen molar-refractivity contribution in [2.24, 2.45) is 0 Å². The monoisotopic (exact) mass is 271 g/mol. The number of aromatic nitrogens is 2. The number of hydrogen-bond donors (Lipinski definition) is 2. The number of nitrogens with zero attached hydrogens (tertiary/aromatic N) is 3. The van der Waals surface area contributed by atoms with Crippen LogP contribution in [0.3, 0.4) is 0 Å². The highest BCUT2D eigenvalue weighted by Gasteiger charge is 2.33. The molecule has 8 heteroatoms. The number of sulfonamides is 1. The summed E-state index contributed by atoms with van der Waals surface area (Å²) in [6.07, 6.45) is 1.64. The van der Waals surface area contributed by atoms with Crippen molar-refractivity contribution in [1.82, 2.24) is 20.0 Å². The van der Waals surface area contributed by atoms with E-state index in [2.05, 4.69) is 20.0 Å². The van der Waals surface area contributed by atoms with Crippen LogP contribution in [0.2, 0.25) is 0 Å². The van der Waals surface area contributed by atoms with E-state index in [1.54, 1.807) is 24.1 Å². The summed E-state index contributed by atoms with van der Waals surface area (Å²) in [6, 6.07) is 1.73. The van der Waals surface area contributed by atoms with E-state index in [0.29, 0.717) is 24.7 Å². The molecule has 1 saturated heterocycles. The summed E-state index contributed by atoms with van der Waals surface area (Å²) in [5.41, 5.74) is 0. The van der Waals surface area contributed by atoms with Crippen molar-refractivity contribution in [3.63, 3.8) is 0 Å². The quantitative estimate of drug-likeness (QED) is 0.738. The predicted octanol–water partition coefficient (Wildman–Crippen LogP) is -0.930. The standard InChI is InChI=1S/C10H17N5O2S/c1-8-13-4-3-9(14-8)15-6-5-12-7-10(15)18(16,17)11-2/h3-4,10-12H,5-7H2,1-2H3. The van der Waals surface area contributed by atoms with Crippen LogP contribution in [0.4, 0.5) is 5.82 Å². The highest BCUT2D eigenvalue weighted by Crippen LogP contribution is 2.18. The van der Waals surface area contributed by atoms with Crippen molar-refractivity contribution < 1.29 is 8.42 Å². The molecule has 0 aliphatic carbocycles. The molecule has 1 atom stereocenters. The molecule has 2 N–H and O–H groups in total. The van der Waals surface area contributed by atoms with Crippen LogP contribution in [0.1, 0.15) is 5.82 Å². The third-order valence-electron chi connectivity index (χ3n) is 2.89. The lowest BCUT2D eigenvalue weighted by Crippen LogP contribution is -2.57. The summed E-state index contributed by atoms with van der Waals surface area (Å²) in [7, 11) is -1.95. The molecule has 2 rings (SSSR count). The molecule has 18 heavy (non-hydrogen) atoms. The van der Waals surface area contributed by atoms with E-state index in [9.17, 15) is 8.42 Å². The van der Waals surface area contributed by atoms with Gasteiger partial charge in [-0.05, 0) is 20.0 Å². The summed E-state index contributed by atoms with van der Waals surface area (Å²) in [5.74, 6) is 1.28. The van der Waals surface area contributed by atoms with E-state index in [1.807, 2.05) is 0 Å². The maximum Gasteiger partial charge on any atom is 0.233 e. The van der Waals surface area contributed by atoms with Gasteiger partial charge in [0.05, 0.1) is 0 Å². The fraction of sp³-hybridized carbons (Fsp3) is 0.600. The van der Waals surface area contributed by atoms with Gasteiger partial charge >= 0.3 is 0 Å². The summed E-state index contributed by atoms with van der Waals surface area (Å²) in [4.78, 5) is 10.1. The number of nitrogens with one attached hydrogen (secondary N) is 2. The van der Waals surface area contributed by atoms with Gasteiger partial charge in [-0.3, -0.25) is 0 Å². The van der Waals surface area contributed by atoms with Gasteiger partial charge in [0, 0.05) is 25.8 Å². The molecule has 0 spiro atoms. The molecule has 1 fully saturated rings. The Morgan fingerprint density at radius 3 is 3.00 bits per heavy atom. The Morgan fingerprint density at radius 2 is 2.33 bits per heavy atom. The lowest BCUT2D eigenvalue weighted by Gasteiger charge is -2.36. The van der Waals surface area contributed by atoms with Crippen LogP contribution in [-0.2, 0) is 10.0 Å². The van der Waals surface area contributed by atoms with Crippen LogP contribution in [0, 0.1) is 6.92 Å². The first kappa shape index (κ1) is 13.2. The van der Waals surface area contributed by atoms with Crippen LogP contribution in [0.25, 0.3) is 0 Å². The SMILES string of the molecule is CNS(=O)(=O)C1CNCCN1c1ccnc(C)n1. The first-order valence-corrected chi connectivity index (χ1v) is 7.28. The Bertz CT molecular complexity index is 519. The zero-order valence-electron chi connectivity index (χ0n) is 10.4. The van der Waals surface area contributed by atoms with E-state index in [1.165, 1.54) is 7.05 Å². The number of piperazine rings is 1. The Kier molecular flexibility index (Phi) is 3.79. The van der Waals surface area contributed by atoms with Gasteiger partial charge in [0.15, 0.2) is 5.37 Å². The van der Waals surface area contributed by atoms with Gasteiger partial charge in [-0.1, -0.05) is 0 Å². The van der Waals surface area contributed by atoms with Crippen molar-refractivity contribution in [2.45, 2.75) is 12.3 Å². The number of aryl methyl sites for hydroxylation is 1. The van der Waals surface area contributed by atoms with Crippen LogP contribution >= 0.6 is 0 Å². The third kappa shape index (κ3) is 2.60. The fourth-order valence-corrected chi connectivity index (χ4v) is 3.12. The largest absolute Gasteiger partial charge is 0.336 e. The van der Waals surface area contributed by atoms with E-state index < -0.39 is 15.4 Å². The van der Waals surface area contributed by atoms with Gasteiger partial charge in [0.2, 0.25) is 10.0 Å². The second kappa shape index (κ2) is 5.17. The molecule has 1 unspecified atom stereocenters. The van der Waals surface area contributed by atoms with Gasteiger partial charge in [0.1, 0.15) is 11.6 Å². The van der Waals surface area contributed by atoms with Gasteiger partial charge in [-0.2, -0.15) is 0 Å². The van der Waals surface area contributed by atoms with Crippen molar-refractivity contribution >= 4 is 15.8 Å². The van der Waals surface area contributed by atoms with Crippen molar-refractivity contribution in [1.29, 1.82) is 0 Å². The Balaban J connectivity index is 2.34. The maximum atomic E-state index is 12.0. The summed E-state index contributed by atoms with van der Waals surface area (Å²) >= 11 is 0. The van der Waals surface area contributed by atoms with Crippen LogP contribution < -0.4 is 14.9 Å². The van der Waals surface area contributed by atoms with E-state index in [0.717, 1.165) is 6.54 Å². The Morgan fingerprint density at radius 1 is 1.56 bits per heavy atom. The van der Waals surface area contributed by atoms with E-state index >= 15 is 0 Å². The topological polar surface area (TPSA) is 87.2 Å².